The summed E-state index contributed by atoms with van der Waals surface area (Å²) in [5, 5.41) is 3.26. The van der Waals surface area contributed by atoms with Crippen LogP contribution < -0.4 is 15.0 Å². The lowest BCUT2D eigenvalue weighted by Gasteiger charge is -2.19. The standard InChI is InChI=1S/C29H30N2O3/c1-6-34-25-10-8-7-9-24(25)31-28(32)26(23-16-11-19(4)17-20(23)5)27(29(31)33)30-22-14-12-21(13-15-22)18(2)3/h7-18,30H,6H2,1-5H3. The average Bonchev–Trinajstić information content (AvgIpc) is 3.04. The molecule has 0 atom stereocenters. The monoisotopic (exact) mass is 454 g/mol. The van der Waals surface area contributed by atoms with Gasteiger partial charge in [0.1, 0.15) is 11.4 Å². The van der Waals surface area contributed by atoms with Crippen molar-refractivity contribution < 1.29 is 14.3 Å². The van der Waals surface area contributed by atoms with E-state index in [-0.39, 0.29) is 11.6 Å². The fourth-order valence-corrected chi connectivity index (χ4v) is 4.22. The van der Waals surface area contributed by atoms with Crippen LogP contribution in [0.5, 0.6) is 5.75 Å². The molecule has 0 fully saturated rings. The molecule has 1 N–H and O–H groups in total. The van der Waals surface area contributed by atoms with Gasteiger partial charge in [-0.3, -0.25) is 9.59 Å². The largest absolute Gasteiger partial charge is 0.492 e. The van der Waals surface area contributed by atoms with E-state index in [4.69, 9.17) is 4.74 Å². The number of nitrogens with zero attached hydrogens (tertiary/aromatic N) is 1. The Morgan fingerprint density at radius 3 is 2.26 bits per heavy atom. The van der Waals surface area contributed by atoms with Gasteiger partial charge in [0.25, 0.3) is 11.8 Å². The normalized spacial score (nSPS) is 13.8. The SMILES string of the molecule is CCOc1ccccc1N1C(=O)C(Nc2ccc(C(C)C)cc2)=C(c2ccc(C)cc2C)C1=O. The third-order valence-electron chi connectivity index (χ3n) is 5.99. The highest BCUT2D eigenvalue weighted by atomic mass is 16.5. The highest BCUT2D eigenvalue weighted by Gasteiger charge is 2.41. The van der Waals surface area contributed by atoms with Crippen molar-refractivity contribution in [3.63, 3.8) is 0 Å². The molecule has 0 saturated carbocycles. The number of imide groups is 1. The Morgan fingerprint density at radius 2 is 1.62 bits per heavy atom. The van der Waals surface area contributed by atoms with Crippen LogP contribution in [-0.2, 0) is 9.59 Å². The molecule has 0 bridgehead atoms. The molecule has 0 aromatic heterocycles. The molecule has 174 valence electrons. The minimum atomic E-state index is -0.403. The number of carbonyl (C=O) groups is 2. The molecule has 0 saturated heterocycles. The number of hydrogen-bond donors (Lipinski definition) is 1. The Kier molecular flexibility index (Phi) is 6.55. The fraction of sp³-hybridized carbons (Fsp3) is 0.241. The molecule has 0 spiro atoms. The molecule has 1 aliphatic heterocycles. The molecule has 0 aliphatic carbocycles. The van der Waals surface area contributed by atoms with E-state index in [1.54, 1.807) is 18.2 Å². The molecule has 1 heterocycles. The van der Waals surface area contributed by atoms with Crippen molar-refractivity contribution in [3.8, 4) is 5.75 Å². The maximum Gasteiger partial charge on any atom is 0.282 e. The third-order valence-corrected chi connectivity index (χ3v) is 5.99. The summed E-state index contributed by atoms with van der Waals surface area (Å²) < 4.78 is 5.73. The Labute approximate surface area is 201 Å². The molecule has 4 rings (SSSR count). The second-order valence-electron chi connectivity index (χ2n) is 8.82. The highest BCUT2D eigenvalue weighted by molar-refractivity contribution is 6.46. The van der Waals surface area contributed by atoms with E-state index >= 15 is 0 Å². The lowest BCUT2D eigenvalue weighted by molar-refractivity contribution is -0.120. The third kappa shape index (κ3) is 4.34. The van der Waals surface area contributed by atoms with E-state index in [2.05, 4.69) is 19.2 Å². The van der Waals surface area contributed by atoms with Gasteiger partial charge < -0.3 is 10.1 Å². The number of amides is 2. The molecule has 3 aromatic rings. The van der Waals surface area contributed by atoms with Crippen LogP contribution in [0.2, 0.25) is 0 Å². The number of para-hydroxylation sites is 2. The van der Waals surface area contributed by atoms with Crippen LogP contribution in [-0.4, -0.2) is 18.4 Å². The fourth-order valence-electron chi connectivity index (χ4n) is 4.22. The van der Waals surface area contributed by atoms with Gasteiger partial charge >= 0.3 is 0 Å². The van der Waals surface area contributed by atoms with Gasteiger partial charge in [0.2, 0.25) is 0 Å². The molecule has 1 aliphatic rings. The summed E-state index contributed by atoms with van der Waals surface area (Å²) in [4.78, 5) is 28.8. The predicted octanol–water partition coefficient (Wildman–Crippen LogP) is 6.22. The molecule has 0 unspecified atom stereocenters. The van der Waals surface area contributed by atoms with Crippen molar-refractivity contribution in [3.05, 3.63) is 94.7 Å². The summed E-state index contributed by atoms with van der Waals surface area (Å²) in [6.07, 6.45) is 0. The van der Waals surface area contributed by atoms with E-state index in [0.29, 0.717) is 29.5 Å². The van der Waals surface area contributed by atoms with E-state index in [1.165, 1.54) is 10.5 Å². The van der Waals surface area contributed by atoms with Crippen molar-refractivity contribution in [2.24, 2.45) is 0 Å². The zero-order valence-electron chi connectivity index (χ0n) is 20.3. The Balaban J connectivity index is 1.83. The van der Waals surface area contributed by atoms with Gasteiger partial charge in [-0.25, -0.2) is 4.90 Å². The zero-order chi connectivity index (χ0) is 24.4. The van der Waals surface area contributed by atoms with Crippen LogP contribution in [0.15, 0.2) is 72.4 Å². The van der Waals surface area contributed by atoms with E-state index in [0.717, 1.165) is 22.4 Å². The maximum atomic E-state index is 13.8. The number of aryl methyl sites for hydroxylation is 2. The summed E-state index contributed by atoms with van der Waals surface area (Å²) in [6.45, 7) is 10.5. The quantitative estimate of drug-likeness (QED) is 0.431. The summed E-state index contributed by atoms with van der Waals surface area (Å²) in [5.41, 5.74) is 5.79. The van der Waals surface area contributed by atoms with Gasteiger partial charge in [0.05, 0.1) is 17.9 Å². The second kappa shape index (κ2) is 9.56. The van der Waals surface area contributed by atoms with Gasteiger partial charge in [-0.15, -0.1) is 0 Å². The summed E-state index contributed by atoms with van der Waals surface area (Å²) >= 11 is 0. The first kappa shape index (κ1) is 23.3. The molecule has 2 amide bonds. The van der Waals surface area contributed by atoms with Crippen LogP contribution in [0.3, 0.4) is 0 Å². The molecule has 3 aromatic carbocycles. The van der Waals surface area contributed by atoms with Gasteiger partial charge in [0.15, 0.2) is 0 Å². The zero-order valence-corrected chi connectivity index (χ0v) is 20.3. The molecule has 5 nitrogen and oxygen atoms in total. The number of anilines is 2. The smallest absolute Gasteiger partial charge is 0.282 e. The van der Waals surface area contributed by atoms with Crippen LogP contribution in [0, 0.1) is 13.8 Å². The summed E-state index contributed by atoms with van der Waals surface area (Å²) in [6, 6.07) is 21.0. The average molecular weight is 455 g/mol. The highest BCUT2D eigenvalue weighted by Crippen LogP contribution is 2.38. The molecule has 0 radical (unpaired) electrons. The van der Waals surface area contributed by atoms with E-state index in [9.17, 15) is 9.59 Å². The second-order valence-corrected chi connectivity index (χ2v) is 8.82. The molecular weight excluding hydrogens is 424 g/mol. The lowest BCUT2D eigenvalue weighted by atomic mass is 9.97. The maximum absolute atomic E-state index is 13.8. The summed E-state index contributed by atoms with van der Waals surface area (Å²) in [5.74, 6) is 0.124. The topological polar surface area (TPSA) is 58.6 Å². The number of benzene rings is 3. The minimum absolute atomic E-state index is 0.264. The first-order valence-corrected chi connectivity index (χ1v) is 11.6. The van der Waals surface area contributed by atoms with E-state index < -0.39 is 5.91 Å². The van der Waals surface area contributed by atoms with Gasteiger partial charge in [0, 0.05) is 5.69 Å². The lowest BCUT2D eigenvalue weighted by Crippen LogP contribution is -2.32. The van der Waals surface area contributed by atoms with E-state index in [1.807, 2.05) is 69.3 Å². The first-order valence-electron chi connectivity index (χ1n) is 11.6. The van der Waals surface area contributed by atoms with Gasteiger partial charge in [-0.1, -0.05) is 61.9 Å². The van der Waals surface area contributed by atoms with Crippen molar-refractivity contribution in [2.45, 2.75) is 40.5 Å². The minimum Gasteiger partial charge on any atom is -0.492 e. The van der Waals surface area contributed by atoms with Crippen molar-refractivity contribution in [2.75, 3.05) is 16.8 Å². The van der Waals surface area contributed by atoms with Crippen LogP contribution in [0.4, 0.5) is 11.4 Å². The van der Waals surface area contributed by atoms with Crippen LogP contribution in [0.25, 0.3) is 5.57 Å². The molecule has 5 heteroatoms. The molecule has 34 heavy (non-hydrogen) atoms. The Morgan fingerprint density at radius 1 is 0.912 bits per heavy atom. The first-order chi connectivity index (χ1) is 16.3. The number of hydrogen-bond acceptors (Lipinski definition) is 4. The number of rotatable bonds is 7. The van der Waals surface area contributed by atoms with Crippen LogP contribution >= 0.6 is 0 Å². The van der Waals surface area contributed by atoms with Crippen LogP contribution in [0.1, 0.15) is 48.9 Å². The van der Waals surface area contributed by atoms with Crippen molar-refractivity contribution in [1.82, 2.24) is 0 Å². The predicted molar refractivity (Wildman–Crippen MR) is 137 cm³/mol. The van der Waals surface area contributed by atoms with Gasteiger partial charge in [-0.05, 0) is 67.6 Å². The number of ether oxygens (including phenoxy) is 1. The van der Waals surface area contributed by atoms with Crippen molar-refractivity contribution >= 4 is 28.8 Å². The molecular formula is C29H30N2O3. The van der Waals surface area contributed by atoms with Gasteiger partial charge in [-0.2, -0.15) is 0 Å². The number of nitrogens with one attached hydrogen (secondary N) is 1. The summed E-state index contributed by atoms with van der Waals surface area (Å²) in [7, 11) is 0. The number of carbonyl (C=O) groups excluding carboxylic acids is 2. The van der Waals surface area contributed by atoms with Crippen molar-refractivity contribution in [1.29, 1.82) is 0 Å². The Bertz CT molecular complexity index is 1270. The Hall–Kier alpha value is -3.86.